The summed E-state index contributed by atoms with van der Waals surface area (Å²) in [5.74, 6) is -0.830. The molecule has 2 N–H and O–H groups in total. The van der Waals surface area contributed by atoms with E-state index in [9.17, 15) is 15.1 Å². The van der Waals surface area contributed by atoms with E-state index < -0.39 is 16.8 Å². The normalized spacial score (nSPS) is 14.7. The molecule has 106 valence electrons. The van der Waals surface area contributed by atoms with Gasteiger partial charge in [0.05, 0.1) is 11.1 Å². The third kappa shape index (κ3) is 5.07. The zero-order chi connectivity index (χ0) is 14.8. The Labute approximate surface area is 110 Å². The summed E-state index contributed by atoms with van der Waals surface area (Å²) in [7, 11) is 0. The van der Waals surface area contributed by atoms with Crippen LogP contribution in [0, 0.1) is 16.2 Å². The highest BCUT2D eigenvalue weighted by atomic mass is 16.4. The van der Waals surface area contributed by atoms with E-state index in [1.54, 1.807) is 13.8 Å². The first-order valence-electron chi connectivity index (χ1n) is 6.27. The van der Waals surface area contributed by atoms with E-state index in [0.717, 1.165) is 0 Å². The molecule has 0 aliphatic heterocycles. The maximum atomic E-state index is 11.2. The maximum absolute atomic E-state index is 11.2. The van der Waals surface area contributed by atoms with Gasteiger partial charge in [-0.15, -0.1) is 0 Å². The zero-order valence-corrected chi connectivity index (χ0v) is 12.7. The molecule has 0 aromatic rings. The fourth-order valence-corrected chi connectivity index (χ4v) is 2.19. The van der Waals surface area contributed by atoms with Crippen LogP contribution in [0.3, 0.4) is 0 Å². The molecule has 0 aromatic heterocycles. The van der Waals surface area contributed by atoms with Gasteiger partial charge in [0.2, 0.25) is 0 Å². The Kier molecular flexibility index (Phi) is 4.98. The fraction of sp³-hybridized carbons (Fsp3) is 0.857. The number of oxime groups is 1. The summed E-state index contributed by atoms with van der Waals surface area (Å²) >= 11 is 0. The SMILES string of the molecule is CC(C)(C)C/C(=N\O)C(C)(C)CC(C)(C)C(=O)O. The number of nitrogens with zero attached hydrogens (tertiary/aromatic N) is 1. The van der Waals surface area contributed by atoms with Gasteiger partial charge in [0.15, 0.2) is 0 Å². The Morgan fingerprint density at radius 3 is 1.72 bits per heavy atom. The van der Waals surface area contributed by atoms with Gasteiger partial charge in [-0.1, -0.05) is 39.8 Å². The van der Waals surface area contributed by atoms with Crippen molar-refractivity contribution in [1.82, 2.24) is 0 Å². The lowest BCUT2D eigenvalue weighted by Gasteiger charge is -2.34. The number of carboxylic acids is 1. The van der Waals surface area contributed by atoms with Crippen LogP contribution in [-0.4, -0.2) is 22.0 Å². The Bertz CT molecular complexity index is 335. The summed E-state index contributed by atoms with van der Waals surface area (Å²) in [6.07, 6.45) is 1.08. The largest absolute Gasteiger partial charge is 0.481 e. The molecule has 0 fully saturated rings. The third-order valence-electron chi connectivity index (χ3n) is 3.06. The van der Waals surface area contributed by atoms with Crippen LogP contribution in [-0.2, 0) is 4.79 Å². The molecule has 4 nitrogen and oxygen atoms in total. The van der Waals surface area contributed by atoms with Gasteiger partial charge in [-0.2, -0.15) is 0 Å². The van der Waals surface area contributed by atoms with Crippen molar-refractivity contribution < 1.29 is 15.1 Å². The number of hydrogen-bond donors (Lipinski definition) is 2. The monoisotopic (exact) mass is 257 g/mol. The smallest absolute Gasteiger partial charge is 0.309 e. The van der Waals surface area contributed by atoms with Crippen LogP contribution in [0.15, 0.2) is 5.16 Å². The van der Waals surface area contributed by atoms with Crippen LogP contribution in [0.4, 0.5) is 0 Å². The van der Waals surface area contributed by atoms with Gasteiger partial charge < -0.3 is 10.3 Å². The maximum Gasteiger partial charge on any atom is 0.309 e. The van der Waals surface area contributed by atoms with Crippen molar-refractivity contribution in [2.45, 2.75) is 61.3 Å². The average Bonchev–Trinajstić information content (AvgIpc) is 2.10. The number of aliphatic carboxylic acids is 1. The van der Waals surface area contributed by atoms with E-state index in [2.05, 4.69) is 25.9 Å². The fourth-order valence-electron chi connectivity index (χ4n) is 2.19. The molecule has 0 unspecified atom stereocenters. The van der Waals surface area contributed by atoms with Gasteiger partial charge in [-0.25, -0.2) is 0 Å². The number of carboxylic acid groups (broad SMARTS) is 1. The minimum Gasteiger partial charge on any atom is -0.481 e. The molecule has 0 amide bonds. The topological polar surface area (TPSA) is 69.9 Å². The van der Waals surface area contributed by atoms with Gasteiger partial charge in [0.1, 0.15) is 0 Å². The molecular weight excluding hydrogens is 230 g/mol. The second-order valence-electron chi connectivity index (χ2n) is 7.53. The summed E-state index contributed by atoms with van der Waals surface area (Å²) in [6, 6.07) is 0. The Balaban J connectivity index is 5.07. The van der Waals surface area contributed by atoms with Crippen molar-refractivity contribution in [1.29, 1.82) is 0 Å². The first kappa shape index (κ1) is 16.9. The molecule has 0 bridgehead atoms. The minimum atomic E-state index is -0.836. The van der Waals surface area contributed by atoms with E-state index in [-0.39, 0.29) is 5.41 Å². The minimum absolute atomic E-state index is 0.00615. The van der Waals surface area contributed by atoms with Gasteiger partial charge >= 0.3 is 5.97 Å². The van der Waals surface area contributed by atoms with Gasteiger partial charge in [0.25, 0.3) is 0 Å². The molecule has 0 heterocycles. The Morgan fingerprint density at radius 1 is 1.00 bits per heavy atom. The highest BCUT2D eigenvalue weighted by Crippen LogP contribution is 2.38. The third-order valence-corrected chi connectivity index (χ3v) is 3.06. The van der Waals surface area contributed by atoms with Crippen LogP contribution in [0.1, 0.15) is 61.3 Å². The first-order valence-corrected chi connectivity index (χ1v) is 6.27. The summed E-state index contributed by atoms with van der Waals surface area (Å²) in [5, 5.41) is 21.8. The molecule has 0 spiro atoms. The Hall–Kier alpha value is -1.06. The van der Waals surface area contributed by atoms with Gasteiger partial charge in [0, 0.05) is 5.41 Å². The molecular formula is C14H27NO3. The molecule has 0 saturated heterocycles. The van der Waals surface area contributed by atoms with Gasteiger partial charge in [-0.3, -0.25) is 4.79 Å². The molecule has 0 radical (unpaired) electrons. The number of rotatable bonds is 5. The van der Waals surface area contributed by atoms with Crippen molar-refractivity contribution in [2.24, 2.45) is 21.4 Å². The van der Waals surface area contributed by atoms with E-state index in [0.29, 0.717) is 18.6 Å². The number of carbonyl (C=O) groups is 1. The van der Waals surface area contributed by atoms with Crippen LogP contribution in [0.2, 0.25) is 0 Å². The standard InChI is InChI=1S/C14H27NO3/c1-12(2,3)8-10(15-18)13(4,5)9-14(6,7)11(16)17/h18H,8-9H2,1-7H3,(H,16,17)/b15-10+. The lowest BCUT2D eigenvalue weighted by molar-refractivity contribution is -0.148. The van der Waals surface area contributed by atoms with Crippen molar-refractivity contribution in [3.8, 4) is 0 Å². The molecule has 18 heavy (non-hydrogen) atoms. The van der Waals surface area contributed by atoms with Crippen LogP contribution < -0.4 is 0 Å². The summed E-state index contributed by atoms with van der Waals surface area (Å²) < 4.78 is 0. The Morgan fingerprint density at radius 2 is 1.44 bits per heavy atom. The van der Waals surface area contributed by atoms with E-state index in [1.807, 2.05) is 13.8 Å². The van der Waals surface area contributed by atoms with Crippen molar-refractivity contribution in [3.63, 3.8) is 0 Å². The highest BCUT2D eigenvalue weighted by Gasteiger charge is 2.38. The highest BCUT2D eigenvalue weighted by molar-refractivity contribution is 5.90. The molecule has 0 aromatic carbocycles. The summed E-state index contributed by atoms with van der Waals surface area (Å²) in [5.41, 5.74) is -0.614. The second kappa shape index (κ2) is 5.29. The van der Waals surface area contributed by atoms with Crippen molar-refractivity contribution in [3.05, 3.63) is 0 Å². The van der Waals surface area contributed by atoms with Crippen LogP contribution in [0.25, 0.3) is 0 Å². The number of hydrogen-bond acceptors (Lipinski definition) is 3. The summed E-state index contributed by atoms with van der Waals surface area (Å²) in [6.45, 7) is 13.5. The lowest BCUT2D eigenvalue weighted by Crippen LogP contribution is -2.36. The second-order valence-corrected chi connectivity index (χ2v) is 7.53. The van der Waals surface area contributed by atoms with Crippen molar-refractivity contribution >= 4 is 11.7 Å². The van der Waals surface area contributed by atoms with E-state index in [1.165, 1.54) is 0 Å². The average molecular weight is 257 g/mol. The van der Waals surface area contributed by atoms with Crippen LogP contribution in [0.5, 0.6) is 0 Å². The van der Waals surface area contributed by atoms with Gasteiger partial charge in [-0.05, 0) is 32.1 Å². The first-order chi connectivity index (χ1) is 7.82. The molecule has 0 saturated carbocycles. The molecule has 4 heteroatoms. The van der Waals surface area contributed by atoms with E-state index in [4.69, 9.17) is 0 Å². The molecule has 0 rings (SSSR count). The molecule has 0 aliphatic carbocycles. The van der Waals surface area contributed by atoms with E-state index >= 15 is 0 Å². The lowest BCUT2D eigenvalue weighted by atomic mass is 9.69. The zero-order valence-electron chi connectivity index (χ0n) is 12.7. The van der Waals surface area contributed by atoms with Crippen molar-refractivity contribution in [2.75, 3.05) is 0 Å². The predicted molar refractivity (Wildman–Crippen MR) is 73.1 cm³/mol. The van der Waals surface area contributed by atoms with Crippen LogP contribution >= 0.6 is 0 Å². The summed E-state index contributed by atoms with van der Waals surface area (Å²) in [4.78, 5) is 11.2. The molecule has 0 atom stereocenters. The predicted octanol–water partition coefficient (Wildman–Crippen LogP) is 3.78. The molecule has 0 aliphatic rings. The quantitative estimate of drug-likeness (QED) is 0.447.